The summed E-state index contributed by atoms with van der Waals surface area (Å²) in [6, 6.07) is 20.5. The van der Waals surface area contributed by atoms with E-state index in [9.17, 15) is 9.59 Å². The standard InChI is InChI=1S/C29H30N6O3/c1-20(28(36)33-27-11-9-23(19-30-27)21-6-4-3-5-7-21)32-25-10-8-22(26-12-13-31-34(26)2)18-24(25)29(37)35-14-16-38-17-15-35/h3-13,18-20,32H,14-17H2,1-2H3,(H,30,33,36). The highest BCUT2D eigenvalue weighted by Crippen LogP contribution is 2.27. The molecule has 194 valence electrons. The van der Waals surface area contributed by atoms with E-state index >= 15 is 0 Å². The molecule has 2 aromatic heterocycles. The van der Waals surface area contributed by atoms with Crippen molar-refractivity contribution in [2.45, 2.75) is 13.0 Å². The predicted molar refractivity (Wildman–Crippen MR) is 147 cm³/mol. The van der Waals surface area contributed by atoms with Crippen molar-refractivity contribution in [3.63, 3.8) is 0 Å². The van der Waals surface area contributed by atoms with Crippen LogP contribution in [0.4, 0.5) is 11.5 Å². The van der Waals surface area contributed by atoms with Gasteiger partial charge >= 0.3 is 0 Å². The number of hydrogen-bond acceptors (Lipinski definition) is 6. The summed E-state index contributed by atoms with van der Waals surface area (Å²) in [5, 5.41) is 10.3. The second-order valence-corrected chi connectivity index (χ2v) is 9.16. The molecule has 38 heavy (non-hydrogen) atoms. The van der Waals surface area contributed by atoms with E-state index in [4.69, 9.17) is 4.74 Å². The molecule has 0 aliphatic carbocycles. The lowest BCUT2D eigenvalue weighted by Crippen LogP contribution is -2.41. The van der Waals surface area contributed by atoms with Crippen LogP contribution in [0, 0.1) is 0 Å². The molecule has 2 amide bonds. The van der Waals surface area contributed by atoms with E-state index in [0.29, 0.717) is 43.4 Å². The summed E-state index contributed by atoms with van der Waals surface area (Å²) in [5.74, 6) is 0.0931. The topological polar surface area (TPSA) is 101 Å². The SMILES string of the molecule is CC(Nc1ccc(-c2ccnn2C)cc1C(=O)N1CCOCC1)C(=O)Nc1ccc(-c2ccccc2)cn1. The van der Waals surface area contributed by atoms with Gasteiger partial charge in [0.05, 0.1) is 24.5 Å². The quantitative estimate of drug-likeness (QED) is 0.389. The number of benzene rings is 2. The molecule has 0 bridgehead atoms. The van der Waals surface area contributed by atoms with Gasteiger partial charge in [-0.2, -0.15) is 5.10 Å². The Morgan fingerprint density at radius 3 is 2.39 bits per heavy atom. The highest BCUT2D eigenvalue weighted by atomic mass is 16.5. The van der Waals surface area contributed by atoms with Gasteiger partial charge in [-0.1, -0.05) is 36.4 Å². The Morgan fingerprint density at radius 2 is 1.71 bits per heavy atom. The van der Waals surface area contributed by atoms with Gasteiger partial charge in [-0.15, -0.1) is 0 Å². The largest absolute Gasteiger partial charge is 0.378 e. The number of rotatable bonds is 7. The van der Waals surface area contributed by atoms with Crippen LogP contribution < -0.4 is 10.6 Å². The first-order valence-corrected chi connectivity index (χ1v) is 12.6. The first-order chi connectivity index (χ1) is 18.5. The number of nitrogens with one attached hydrogen (secondary N) is 2. The Labute approximate surface area is 221 Å². The minimum atomic E-state index is -0.621. The minimum absolute atomic E-state index is 0.106. The van der Waals surface area contributed by atoms with Crippen molar-refractivity contribution < 1.29 is 14.3 Å². The van der Waals surface area contributed by atoms with Crippen LogP contribution in [-0.2, 0) is 16.6 Å². The first kappa shape index (κ1) is 25.2. The van der Waals surface area contributed by atoms with Crippen LogP contribution in [-0.4, -0.2) is 63.8 Å². The van der Waals surface area contributed by atoms with Crippen LogP contribution in [0.2, 0.25) is 0 Å². The third-order valence-electron chi connectivity index (χ3n) is 6.55. The van der Waals surface area contributed by atoms with Crippen molar-refractivity contribution in [1.29, 1.82) is 0 Å². The number of carbonyl (C=O) groups excluding carboxylic acids is 2. The zero-order valence-corrected chi connectivity index (χ0v) is 21.4. The molecule has 1 fully saturated rings. The van der Waals surface area contributed by atoms with E-state index in [1.165, 1.54) is 0 Å². The van der Waals surface area contributed by atoms with E-state index in [1.54, 1.807) is 35.0 Å². The Hall–Kier alpha value is -4.50. The van der Waals surface area contributed by atoms with E-state index in [2.05, 4.69) is 20.7 Å². The van der Waals surface area contributed by atoms with Crippen LogP contribution >= 0.6 is 0 Å². The maximum Gasteiger partial charge on any atom is 0.256 e. The lowest BCUT2D eigenvalue weighted by atomic mass is 10.0. The van der Waals surface area contributed by atoms with E-state index in [0.717, 1.165) is 22.4 Å². The highest BCUT2D eigenvalue weighted by Gasteiger charge is 2.24. The molecule has 0 radical (unpaired) electrons. The molecule has 1 saturated heterocycles. The molecular formula is C29H30N6O3. The summed E-state index contributed by atoms with van der Waals surface area (Å²) in [4.78, 5) is 32.7. The number of ether oxygens (including phenoxy) is 1. The summed E-state index contributed by atoms with van der Waals surface area (Å²) in [7, 11) is 1.86. The molecular weight excluding hydrogens is 480 g/mol. The maximum atomic E-state index is 13.5. The Bertz CT molecular complexity index is 1410. The van der Waals surface area contributed by atoms with Crippen molar-refractivity contribution in [3.8, 4) is 22.4 Å². The summed E-state index contributed by atoms with van der Waals surface area (Å²) in [6.07, 6.45) is 3.46. The zero-order chi connectivity index (χ0) is 26.5. The second kappa shape index (κ2) is 11.3. The molecule has 2 aromatic carbocycles. The molecule has 1 aliphatic rings. The zero-order valence-electron chi connectivity index (χ0n) is 21.4. The van der Waals surface area contributed by atoms with Gasteiger partial charge < -0.3 is 20.3 Å². The molecule has 9 nitrogen and oxygen atoms in total. The molecule has 1 atom stereocenters. The van der Waals surface area contributed by atoms with Crippen LogP contribution in [0.3, 0.4) is 0 Å². The highest BCUT2D eigenvalue weighted by molar-refractivity contribution is 6.02. The fourth-order valence-corrected chi connectivity index (χ4v) is 4.40. The van der Waals surface area contributed by atoms with Gasteiger partial charge in [0, 0.05) is 49.3 Å². The van der Waals surface area contributed by atoms with Gasteiger partial charge in [-0.25, -0.2) is 4.98 Å². The van der Waals surface area contributed by atoms with Crippen molar-refractivity contribution in [3.05, 3.63) is 84.7 Å². The number of carbonyl (C=O) groups is 2. The fraction of sp³-hybridized carbons (Fsp3) is 0.241. The van der Waals surface area contributed by atoms with Crippen LogP contribution in [0.5, 0.6) is 0 Å². The number of aryl methyl sites for hydroxylation is 1. The summed E-state index contributed by atoms with van der Waals surface area (Å²) in [6.45, 7) is 3.81. The van der Waals surface area contributed by atoms with E-state index < -0.39 is 6.04 Å². The first-order valence-electron chi connectivity index (χ1n) is 12.6. The third-order valence-corrected chi connectivity index (χ3v) is 6.55. The molecule has 0 saturated carbocycles. The number of anilines is 2. The second-order valence-electron chi connectivity index (χ2n) is 9.16. The molecule has 4 aromatic rings. The molecule has 5 rings (SSSR count). The van der Waals surface area contributed by atoms with Crippen LogP contribution in [0.15, 0.2) is 79.1 Å². The minimum Gasteiger partial charge on any atom is -0.378 e. The Balaban J connectivity index is 1.33. The summed E-state index contributed by atoms with van der Waals surface area (Å²) >= 11 is 0. The van der Waals surface area contributed by atoms with Gasteiger partial charge in [0.1, 0.15) is 11.9 Å². The predicted octanol–water partition coefficient (Wildman–Crippen LogP) is 4.06. The van der Waals surface area contributed by atoms with Crippen LogP contribution in [0.25, 0.3) is 22.4 Å². The molecule has 2 N–H and O–H groups in total. The number of amides is 2. The van der Waals surface area contributed by atoms with Crippen molar-refractivity contribution in [1.82, 2.24) is 19.7 Å². The number of pyridine rings is 1. The average Bonchev–Trinajstić information content (AvgIpc) is 3.40. The Morgan fingerprint density at radius 1 is 0.947 bits per heavy atom. The van der Waals surface area contributed by atoms with Gasteiger partial charge in [0.25, 0.3) is 5.91 Å². The molecule has 3 heterocycles. The smallest absolute Gasteiger partial charge is 0.256 e. The van der Waals surface area contributed by atoms with Crippen molar-refractivity contribution >= 4 is 23.3 Å². The van der Waals surface area contributed by atoms with Gasteiger partial charge in [-0.05, 0) is 42.8 Å². The third kappa shape index (κ3) is 5.57. The molecule has 0 spiro atoms. The Kier molecular flexibility index (Phi) is 7.46. The molecule has 1 aliphatic heterocycles. The fourth-order valence-electron chi connectivity index (χ4n) is 4.40. The van der Waals surface area contributed by atoms with Crippen LogP contribution in [0.1, 0.15) is 17.3 Å². The summed E-state index contributed by atoms with van der Waals surface area (Å²) < 4.78 is 7.18. The van der Waals surface area contributed by atoms with Crippen molar-refractivity contribution in [2.24, 2.45) is 7.05 Å². The lowest BCUT2D eigenvalue weighted by molar-refractivity contribution is -0.116. The van der Waals surface area contributed by atoms with Crippen molar-refractivity contribution in [2.75, 3.05) is 36.9 Å². The lowest BCUT2D eigenvalue weighted by Gasteiger charge is -2.28. The number of morpholine rings is 1. The van der Waals surface area contributed by atoms with Gasteiger partial charge in [0.2, 0.25) is 5.91 Å². The van der Waals surface area contributed by atoms with E-state index in [1.807, 2.05) is 67.7 Å². The van der Waals surface area contributed by atoms with E-state index in [-0.39, 0.29) is 11.8 Å². The monoisotopic (exact) mass is 510 g/mol. The van der Waals surface area contributed by atoms with Gasteiger partial charge in [-0.3, -0.25) is 14.3 Å². The maximum absolute atomic E-state index is 13.5. The average molecular weight is 511 g/mol. The number of aromatic nitrogens is 3. The number of nitrogens with zero attached hydrogens (tertiary/aromatic N) is 4. The molecule has 1 unspecified atom stereocenters. The summed E-state index contributed by atoms with van der Waals surface area (Å²) in [5.41, 5.74) is 4.86. The molecule has 9 heteroatoms. The van der Waals surface area contributed by atoms with Gasteiger partial charge in [0.15, 0.2) is 0 Å². The number of hydrogen-bond donors (Lipinski definition) is 2. The normalized spacial score (nSPS) is 14.1.